The van der Waals surface area contributed by atoms with E-state index in [1.807, 2.05) is 41.3 Å². The quantitative estimate of drug-likeness (QED) is 0.781. The molecule has 1 aliphatic heterocycles. The van der Waals surface area contributed by atoms with E-state index >= 15 is 0 Å². The Hall–Kier alpha value is -2.13. The second kappa shape index (κ2) is 6.55. The van der Waals surface area contributed by atoms with Crippen LogP contribution in [0.15, 0.2) is 54.7 Å². The molecular formula is C19H19ClN2O. The van der Waals surface area contributed by atoms with E-state index in [1.165, 1.54) is 0 Å². The SMILES string of the molecule is CC(C)[C@@H]1C=CCN1C(=O)c1ccc(-c2ccc(Cl)cn2)cc1. The third-order valence-corrected chi connectivity index (χ3v) is 4.32. The topological polar surface area (TPSA) is 33.2 Å². The molecule has 1 amide bonds. The lowest BCUT2D eigenvalue weighted by Crippen LogP contribution is -2.38. The minimum absolute atomic E-state index is 0.0734. The predicted octanol–water partition coefficient (Wildman–Crippen LogP) is 4.44. The van der Waals surface area contributed by atoms with Crippen molar-refractivity contribution in [2.24, 2.45) is 5.92 Å². The molecule has 0 saturated heterocycles. The molecule has 2 aromatic rings. The van der Waals surface area contributed by atoms with Gasteiger partial charge in [0, 0.05) is 23.9 Å². The summed E-state index contributed by atoms with van der Waals surface area (Å²) >= 11 is 5.86. The van der Waals surface area contributed by atoms with Crippen molar-refractivity contribution in [2.75, 3.05) is 6.54 Å². The zero-order chi connectivity index (χ0) is 16.4. The first-order valence-electron chi connectivity index (χ1n) is 7.76. The van der Waals surface area contributed by atoms with Crippen LogP contribution in [0.3, 0.4) is 0 Å². The van der Waals surface area contributed by atoms with E-state index < -0.39 is 0 Å². The summed E-state index contributed by atoms with van der Waals surface area (Å²) in [6.07, 6.45) is 5.81. The highest BCUT2D eigenvalue weighted by Crippen LogP contribution is 2.23. The normalized spacial score (nSPS) is 17.0. The van der Waals surface area contributed by atoms with Gasteiger partial charge in [0.15, 0.2) is 0 Å². The van der Waals surface area contributed by atoms with Crippen LogP contribution in [-0.2, 0) is 0 Å². The Morgan fingerprint density at radius 2 is 1.96 bits per heavy atom. The summed E-state index contributed by atoms with van der Waals surface area (Å²) in [6, 6.07) is 11.5. The first-order chi connectivity index (χ1) is 11.1. The highest BCUT2D eigenvalue weighted by molar-refractivity contribution is 6.30. The molecule has 3 rings (SSSR count). The smallest absolute Gasteiger partial charge is 0.254 e. The van der Waals surface area contributed by atoms with Gasteiger partial charge in [0.2, 0.25) is 0 Å². The first kappa shape index (κ1) is 15.8. The maximum Gasteiger partial charge on any atom is 0.254 e. The summed E-state index contributed by atoms with van der Waals surface area (Å²) < 4.78 is 0. The van der Waals surface area contributed by atoms with Gasteiger partial charge in [0.25, 0.3) is 5.91 Å². The monoisotopic (exact) mass is 326 g/mol. The zero-order valence-corrected chi connectivity index (χ0v) is 14.0. The van der Waals surface area contributed by atoms with Gasteiger partial charge in [-0.15, -0.1) is 0 Å². The van der Waals surface area contributed by atoms with Gasteiger partial charge < -0.3 is 4.90 Å². The number of halogens is 1. The van der Waals surface area contributed by atoms with Crippen LogP contribution in [-0.4, -0.2) is 28.4 Å². The van der Waals surface area contributed by atoms with Crippen molar-refractivity contribution >= 4 is 17.5 Å². The van der Waals surface area contributed by atoms with Crippen molar-refractivity contribution in [3.05, 3.63) is 65.3 Å². The average Bonchev–Trinajstić information content (AvgIpc) is 3.05. The van der Waals surface area contributed by atoms with Crippen LogP contribution < -0.4 is 0 Å². The third kappa shape index (κ3) is 3.30. The number of hydrogen-bond acceptors (Lipinski definition) is 2. The molecule has 4 heteroatoms. The minimum atomic E-state index is 0.0734. The van der Waals surface area contributed by atoms with Gasteiger partial charge in [-0.05, 0) is 30.2 Å². The van der Waals surface area contributed by atoms with Crippen molar-refractivity contribution in [2.45, 2.75) is 19.9 Å². The number of carbonyl (C=O) groups is 1. The summed E-state index contributed by atoms with van der Waals surface area (Å²) in [4.78, 5) is 18.9. The maximum absolute atomic E-state index is 12.7. The van der Waals surface area contributed by atoms with Gasteiger partial charge in [-0.1, -0.05) is 49.7 Å². The number of hydrogen-bond donors (Lipinski definition) is 0. The Balaban J connectivity index is 1.79. The average molecular weight is 327 g/mol. The lowest BCUT2D eigenvalue weighted by molar-refractivity contribution is 0.0720. The van der Waals surface area contributed by atoms with Crippen molar-refractivity contribution in [1.29, 1.82) is 0 Å². The molecule has 0 saturated carbocycles. The number of aromatic nitrogens is 1. The van der Waals surface area contributed by atoms with Gasteiger partial charge in [-0.2, -0.15) is 0 Å². The Kier molecular flexibility index (Phi) is 4.49. The highest BCUT2D eigenvalue weighted by Gasteiger charge is 2.27. The van der Waals surface area contributed by atoms with Crippen LogP contribution in [0, 0.1) is 5.92 Å². The molecule has 23 heavy (non-hydrogen) atoms. The van der Waals surface area contributed by atoms with Crippen LogP contribution in [0.2, 0.25) is 5.02 Å². The molecule has 1 aliphatic rings. The first-order valence-corrected chi connectivity index (χ1v) is 8.13. The van der Waals surface area contributed by atoms with Gasteiger partial charge in [0.1, 0.15) is 0 Å². The Morgan fingerprint density at radius 1 is 1.22 bits per heavy atom. The summed E-state index contributed by atoms with van der Waals surface area (Å²) in [7, 11) is 0. The molecule has 2 heterocycles. The largest absolute Gasteiger partial charge is 0.328 e. The van der Waals surface area contributed by atoms with E-state index in [4.69, 9.17) is 11.6 Å². The lowest BCUT2D eigenvalue weighted by Gasteiger charge is -2.27. The fourth-order valence-electron chi connectivity index (χ4n) is 2.84. The molecule has 0 bridgehead atoms. The second-order valence-corrected chi connectivity index (χ2v) is 6.50. The molecule has 0 aliphatic carbocycles. The predicted molar refractivity (Wildman–Crippen MR) is 93.5 cm³/mol. The third-order valence-electron chi connectivity index (χ3n) is 4.09. The van der Waals surface area contributed by atoms with E-state index in [9.17, 15) is 4.79 Å². The standard InChI is InChI=1S/C19H19ClN2O/c1-13(2)18-4-3-11-22(18)19(23)15-7-5-14(6-8-15)17-10-9-16(20)12-21-17/h3-10,12-13,18H,11H2,1-2H3/t18-/m0/s1. The molecule has 118 valence electrons. The molecular weight excluding hydrogens is 308 g/mol. The van der Waals surface area contributed by atoms with Crippen LogP contribution in [0.1, 0.15) is 24.2 Å². The Morgan fingerprint density at radius 3 is 2.57 bits per heavy atom. The number of pyridine rings is 1. The van der Waals surface area contributed by atoms with Crippen molar-refractivity contribution in [3.63, 3.8) is 0 Å². The van der Waals surface area contributed by atoms with Crippen molar-refractivity contribution < 1.29 is 4.79 Å². The van der Waals surface area contributed by atoms with Gasteiger partial charge in [-0.25, -0.2) is 0 Å². The number of nitrogens with zero attached hydrogens (tertiary/aromatic N) is 2. The van der Waals surface area contributed by atoms with E-state index in [1.54, 1.807) is 6.20 Å². The molecule has 1 aromatic carbocycles. The minimum Gasteiger partial charge on any atom is -0.328 e. The van der Waals surface area contributed by atoms with E-state index in [2.05, 4.69) is 31.0 Å². The Labute approximate surface area is 141 Å². The van der Waals surface area contributed by atoms with Gasteiger partial charge in [0.05, 0.1) is 16.8 Å². The van der Waals surface area contributed by atoms with Crippen molar-refractivity contribution in [3.8, 4) is 11.3 Å². The zero-order valence-electron chi connectivity index (χ0n) is 13.2. The summed E-state index contributed by atoms with van der Waals surface area (Å²) in [6.45, 7) is 4.95. The van der Waals surface area contributed by atoms with E-state index in [0.717, 1.165) is 11.3 Å². The molecule has 1 atom stereocenters. The summed E-state index contributed by atoms with van der Waals surface area (Å²) in [5, 5.41) is 0.613. The Bertz CT molecular complexity index is 720. The molecule has 0 fully saturated rings. The summed E-state index contributed by atoms with van der Waals surface area (Å²) in [5.74, 6) is 0.486. The molecule has 0 radical (unpaired) electrons. The number of amides is 1. The maximum atomic E-state index is 12.7. The van der Waals surface area contributed by atoms with E-state index in [0.29, 0.717) is 23.0 Å². The second-order valence-electron chi connectivity index (χ2n) is 6.06. The lowest BCUT2D eigenvalue weighted by atomic mass is 10.0. The molecule has 0 N–H and O–H groups in total. The molecule has 0 spiro atoms. The fraction of sp³-hybridized carbons (Fsp3) is 0.263. The summed E-state index contributed by atoms with van der Waals surface area (Å²) in [5.41, 5.74) is 2.52. The van der Waals surface area contributed by atoms with E-state index in [-0.39, 0.29) is 11.9 Å². The van der Waals surface area contributed by atoms with Crippen LogP contribution in [0.5, 0.6) is 0 Å². The molecule has 1 aromatic heterocycles. The van der Waals surface area contributed by atoms with Crippen molar-refractivity contribution in [1.82, 2.24) is 9.88 Å². The molecule has 3 nitrogen and oxygen atoms in total. The van der Waals surface area contributed by atoms with Gasteiger partial charge >= 0.3 is 0 Å². The number of carbonyl (C=O) groups excluding carboxylic acids is 1. The van der Waals surface area contributed by atoms with Crippen LogP contribution >= 0.6 is 11.6 Å². The number of rotatable bonds is 3. The van der Waals surface area contributed by atoms with Crippen LogP contribution in [0.25, 0.3) is 11.3 Å². The van der Waals surface area contributed by atoms with Gasteiger partial charge in [-0.3, -0.25) is 9.78 Å². The number of benzene rings is 1. The highest BCUT2D eigenvalue weighted by atomic mass is 35.5. The molecule has 0 unspecified atom stereocenters. The van der Waals surface area contributed by atoms with Crippen LogP contribution in [0.4, 0.5) is 0 Å². The fourth-order valence-corrected chi connectivity index (χ4v) is 2.95.